The number of halogens is 1. The molecular formula is C24H22ClNO3. The van der Waals surface area contributed by atoms with Gasteiger partial charge in [0.2, 0.25) is 0 Å². The van der Waals surface area contributed by atoms with Crippen molar-refractivity contribution in [3.8, 4) is 0 Å². The van der Waals surface area contributed by atoms with Crippen molar-refractivity contribution in [3.63, 3.8) is 0 Å². The SMILES string of the molecule is CC(C)(C)OC(=O)n1c2c(c3ccccc31)C=C(C=O)[C@@H](c1ccc(Cl)cc1)C2. The van der Waals surface area contributed by atoms with Gasteiger partial charge in [-0.1, -0.05) is 41.9 Å². The van der Waals surface area contributed by atoms with Crippen LogP contribution in [0.4, 0.5) is 4.79 Å². The van der Waals surface area contributed by atoms with Crippen LogP contribution in [-0.2, 0) is 16.0 Å². The third kappa shape index (κ3) is 3.60. The first-order valence-electron chi connectivity index (χ1n) is 9.56. The van der Waals surface area contributed by atoms with Crippen LogP contribution in [0.1, 0.15) is 43.5 Å². The van der Waals surface area contributed by atoms with Crippen LogP contribution in [0.2, 0.25) is 5.02 Å². The number of para-hydroxylation sites is 1. The van der Waals surface area contributed by atoms with E-state index < -0.39 is 11.7 Å². The fourth-order valence-corrected chi connectivity index (χ4v) is 4.02. The summed E-state index contributed by atoms with van der Waals surface area (Å²) in [6.45, 7) is 5.55. The maximum atomic E-state index is 13.1. The monoisotopic (exact) mass is 407 g/mol. The topological polar surface area (TPSA) is 48.3 Å². The Morgan fingerprint density at radius 3 is 2.48 bits per heavy atom. The number of rotatable bonds is 2. The Bertz CT molecular complexity index is 1130. The van der Waals surface area contributed by atoms with Crippen molar-refractivity contribution >= 4 is 41.0 Å². The number of ether oxygens (including phenoxy) is 1. The van der Waals surface area contributed by atoms with Gasteiger partial charge in [0.15, 0.2) is 0 Å². The zero-order chi connectivity index (χ0) is 20.8. The number of hydrogen-bond acceptors (Lipinski definition) is 3. The molecule has 1 aliphatic carbocycles. The highest BCUT2D eigenvalue weighted by Crippen LogP contribution is 2.40. The van der Waals surface area contributed by atoms with E-state index in [0.29, 0.717) is 17.0 Å². The fraction of sp³-hybridized carbons (Fsp3) is 0.250. The van der Waals surface area contributed by atoms with E-state index in [1.165, 1.54) is 0 Å². The maximum absolute atomic E-state index is 13.1. The summed E-state index contributed by atoms with van der Waals surface area (Å²) in [5.74, 6) is -0.150. The summed E-state index contributed by atoms with van der Waals surface area (Å²) in [4.78, 5) is 25.0. The van der Waals surface area contributed by atoms with Gasteiger partial charge in [-0.05, 0) is 57.0 Å². The number of carbonyl (C=O) groups excluding carboxylic acids is 2. The molecule has 0 radical (unpaired) electrons. The maximum Gasteiger partial charge on any atom is 0.419 e. The van der Waals surface area contributed by atoms with Crippen LogP contribution < -0.4 is 0 Å². The zero-order valence-electron chi connectivity index (χ0n) is 16.6. The molecule has 0 bridgehead atoms. The van der Waals surface area contributed by atoms with Gasteiger partial charge in [0, 0.05) is 33.2 Å². The summed E-state index contributed by atoms with van der Waals surface area (Å²) in [7, 11) is 0. The van der Waals surface area contributed by atoms with E-state index in [4.69, 9.17) is 16.3 Å². The first kappa shape index (κ1) is 19.5. The second kappa shape index (κ2) is 7.20. The molecule has 1 heterocycles. The molecule has 0 saturated carbocycles. The van der Waals surface area contributed by atoms with Crippen molar-refractivity contribution in [3.05, 3.63) is 75.9 Å². The Balaban J connectivity index is 1.90. The number of allylic oxidation sites excluding steroid dienone is 1. The Labute approximate surface area is 174 Å². The van der Waals surface area contributed by atoms with E-state index in [1.54, 1.807) is 4.57 Å². The number of benzene rings is 2. The third-order valence-electron chi connectivity index (χ3n) is 5.11. The molecule has 29 heavy (non-hydrogen) atoms. The summed E-state index contributed by atoms with van der Waals surface area (Å²) >= 11 is 6.03. The molecule has 1 aromatic heterocycles. The van der Waals surface area contributed by atoms with Crippen LogP contribution in [0.25, 0.3) is 17.0 Å². The molecule has 4 rings (SSSR count). The summed E-state index contributed by atoms with van der Waals surface area (Å²) < 4.78 is 7.33. The van der Waals surface area contributed by atoms with Crippen molar-refractivity contribution in [2.45, 2.75) is 38.7 Å². The highest BCUT2D eigenvalue weighted by atomic mass is 35.5. The lowest BCUT2D eigenvalue weighted by Gasteiger charge is -2.25. The lowest BCUT2D eigenvalue weighted by molar-refractivity contribution is -0.105. The lowest BCUT2D eigenvalue weighted by Crippen LogP contribution is -2.29. The molecule has 4 nitrogen and oxygen atoms in total. The van der Waals surface area contributed by atoms with Crippen LogP contribution >= 0.6 is 11.6 Å². The zero-order valence-corrected chi connectivity index (χ0v) is 17.4. The van der Waals surface area contributed by atoms with Crippen LogP contribution in [-0.4, -0.2) is 22.5 Å². The second-order valence-corrected chi connectivity index (χ2v) is 8.70. The van der Waals surface area contributed by atoms with E-state index >= 15 is 0 Å². The molecular weight excluding hydrogens is 386 g/mol. The molecule has 148 valence electrons. The minimum Gasteiger partial charge on any atom is -0.443 e. The van der Waals surface area contributed by atoms with Gasteiger partial charge in [0.05, 0.1) is 5.52 Å². The lowest BCUT2D eigenvalue weighted by atomic mass is 9.82. The molecule has 0 unspecified atom stereocenters. The van der Waals surface area contributed by atoms with Gasteiger partial charge in [-0.3, -0.25) is 4.79 Å². The van der Waals surface area contributed by atoms with E-state index in [9.17, 15) is 9.59 Å². The molecule has 3 aromatic rings. The molecule has 5 heteroatoms. The number of aldehydes is 1. The van der Waals surface area contributed by atoms with Gasteiger partial charge in [0.25, 0.3) is 0 Å². The van der Waals surface area contributed by atoms with Crippen molar-refractivity contribution in [2.24, 2.45) is 0 Å². The minimum absolute atomic E-state index is 0.150. The third-order valence-corrected chi connectivity index (χ3v) is 5.36. The molecule has 0 fully saturated rings. The van der Waals surface area contributed by atoms with Gasteiger partial charge in [-0.25, -0.2) is 9.36 Å². The molecule has 0 saturated heterocycles. The van der Waals surface area contributed by atoms with Crippen LogP contribution in [0.15, 0.2) is 54.1 Å². The fourth-order valence-electron chi connectivity index (χ4n) is 3.90. The summed E-state index contributed by atoms with van der Waals surface area (Å²) in [5, 5.41) is 1.58. The number of nitrogens with zero attached hydrogens (tertiary/aromatic N) is 1. The first-order valence-corrected chi connectivity index (χ1v) is 9.94. The molecule has 2 aromatic carbocycles. The highest BCUT2D eigenvalue weighted by Gasteiger charge is 2.31. The summed E-state index contributed by atoms with van der Waals surface area (Å²) in [6, 6.07) is 15.2. The van der Waals surface area contributed by atoms with Gasteiger partial charge >= 0.3 is 6.09 Å². The predicted octanol–water partition coefficient (Wildman–Crippen LogP) is 6.00. The van der Waals surface area contributed by atoms with E-state index in [1.807, 2.05) is 75.4 Å². The molecule has 1 aliphatic rings. The van der Waals surface area contributed by atoms with Crippen LogP contribution in [0, 0.1) is 0 Å². The number of fused-ring (bicyclic) bond motifs is 3. The van der Waals surface area contributed by atoms with Crippen molar-refractivity contribution in [1.29, 1.82) is 0 Å². The van der Waals surface area contributed by atoms with Gasteiger partial charge in [-0.15, -0.1) is 0 Å². The van der Waals surface area contributed by atoms with Gasteiger partial charge in [-0.2, -0.15) is 0 Å². The normalized spacial score (nSPS) is 16.3. The summed E-state index contributed by atoms with van der Waals surface area (Å²) in [5.41, 5.74) is 3.60. The number of hydrogen-bond donors (Lipinski definition) is 0. The molecule has 0 aliphatic heterocycles. The quantitative estimate of drug-likeness (QED) is 0.489. The average molecular weight is 408 g/mol. The number of aromatic nitrogens is 1. The Morgan fingerprint density at radius 2 is 1.83 bits per heavy atom. The number of carbonyl (C=O) groups is 2. The average Bonchev–Trinajstić information content (AvgIpc) is 3.00. The molecule has 0 amide bonds. The van der Waals surface area contributed by atoms with E-state index in [0.717, 1.165) is 34.0 Å². The molecule has 0 spiro atoms. The van der Waals surface area contributed by atoms with Crippen molar-refractivity contribution in [2.75, 3.05) is 0 Å². The van der Waals surface area contributed by atoms with E-state index in [-0.39, 0.29) is 5.92 Å². The van der Waals surface area contributed by atoms with Crippen LogP contribution in [0.5, 0.6) is 0 Å². The second-order valence-electron chi connectivity index (χ2n) is 8.26. The smallest absolute Gasteiger partial charge is 0.419 e. The highest BCUT2D eigenvalue weighted by molar-refractivity contribution is 6.30. The van der Waals surface area contributed by atoms with Crippen LogP contribution in [0.3, 0.4) is 0 Å². The standard InChI is InChI=1S/C24H22ClNO3/c1-24(2,3)29-23(28)26-21-7-5-4-6-18(21)20-12-16(14-27)19(13-22(20)26)15-8-10-17(25)11-9-15/h4-12,14,19H,13H2,1-3H3/t19-/m1/s1. The molecule has 0 N–H and O–H groups in total. The van der Waals surface area contributed by atoms with Crippen molar-refractivity contribution < 1.29 is 14.3 Å². The first-order chi connectivity index (χ1) is 13.8. The summed E-state index contributed by atoms with van der Waals surface area (Å²) in [6.07, 6.45) is 2.92. The van der Waals surface area contributed by atoms with Gasteiger partial charge in [0.1, 0.15) is 11.9 Å². The largest absolute Gasteiger partial charge is 0.443 e. The molecule has 1 atom stereocenters. The predicted molar refractivity (Wildman–Crippen MR) is 116 cm³/mol. The Morgan fingerprint density at radius 1 is 1.14 bits per heavy atom. The Hall–Kier alpha value is -2.85. The van der Waals surface area contributed by atoms with Crippen molar-refractivity contribution in [1.82, 2.24) is 4.57 Å². The minimum atomic E-state index is -0.608. The Kier molecular flexibility index (Phi) is 4.83. The van der Waals surface area contributed by atoms with Gasteiger partial charge < -0.3 is 4.74 Å². The van der Waals surface area contributed by atoms with E-state index in [2.05, 4.69) is 0 Å².